The highest BCUT2D eigenvalue weighted by molar-refractivity contribution is 9.10. The molecule has 0 fully saturated rings. The van der Waals surface area contributed by atoms with E-state index in [1.165, 1.54) is 11.6 Å². The number of pyridine rings is 1. The largest absolute Gasteiger partial charge is 0.506 e. The van der Waals surface area contributed by atoms with E-state index >= 15 is 0 Å². The van der Waals surface area contributed by atoms with Gasteiger partial charge in [0.05, 0.1) is 12.1 Å². The summed E-state index contributed by atoms with van der Waals surface area (Å²) in [4.78, 5) is 34.3. The van der Waals surface area contributed by atoms with Crippen molar-refractivity contribution in [3.63, 3.8) is 0 Å². The molecule has 0 bridgehead atoms. The second-order valence-electron chi connectivity index (χ2n) is 4.13. The Morgan fingerprint density at radius 3 is 2.85 bits per heavy atom. The monoisotopic (exact) mass is 338 g/mol. The summed E-state index contributed by atoms with van der Waals surface area (Å²) >= 11 is 3.27. The molecule has 1 aromatic carbocycles. The van der Waals surface area contributed by atoms with E-state index in [2.05, 4.69) is 21.2 Å². The average Bonchev–Trinajstić information content (AvgIpc) is 2.43. The molecule has 0 aliphatic rings. The van der Waals surface area contributed by atoms with Crippen LogP contribution in [0, 0.1) is 0 Å². The predicted octanol–water partition coefficient (Wildman–Crippen LogP) is 0.935. The van der Waals surface area contributed by atoms with Gasteiger partial charge in [0.2, 0.25) is 0 Å². The molecule has 7 heteroatoms. The number of aryl methyl sites for hydroxylation is 1. The molecule has 0 radical (unpaired) electrons. The average molecular weight is 339 g/mol. The smallest absolute Gasteiger partial charge is 0.267 e. The minimum absolute atomic E-state index is 0.224. The van der Waals surface area contributed by atoms with Crippen molar-refractivity contribution in [1.29, 1.82) is 0 Å². The summed E-state index contributed by atoms with van der Waals surface area (Å²) in [5, 5.41) is 12.8. The second-order valence-corrected chi connectivity index (χ2v) is 5.04. The van der Waals surface area contributed by atoms with Crippen molar-refractivity contribution in [2.45, 2.75) is 0 Å². The van der Waals surface area contributed by atoms with Gasteiger partial charge in [-0.25, -0.2) is 0 Å². The molecule has 1 heterocycles. The first-order valence-electron chi connectivity index (χ1n) is 5.70. The molecule has 0 spiro atoms. The van der Waals surface area contributed by atoms with Gasteiger partial charge in [-0.3, -0.25) is 9.59 Å². The van der Waals surface area contributed by atoms with Crippen LogP contribution in [-0.4, -0.2) is 28.4 Å². The third-order valence-corrected chi connectivity index (χ3v) is 3.40. The molecular formula is C13H11BrN2O4. The minimum Gasteiger partial charge on any atom is -0.506 e. The second kappa shape index (κ2) is 5.46. The van der Waals surface area contributed by atoms with Gasteiger partial charge < -0.3 is 19.8 Å². The summed E-state index contributed by atoms with van der Waals surface area (Å²) in [6.07, 6.45) is 0.497. The highest BCUT2D eigenvalue weighted by atomic mass is 79.9. The number of aldehydes is 1. The maximum absolute atomic E-state index is 12.1. The Bertz CT molecular complexity index is 767. The lowest BCUT2D eigenvalue weighted by Gasteiger charge is -2.11. The summed E-state index contributed by atoms with van der Waals surface area (Å²) in [6.45, 7) is -0.224. The number of aromatic hydroxyl groups is 1. The quantitative estimate of drug-likeness (QED) is 0.815. The third-order valence-electron chi connectivity index (χ3n) is 2.90. The molecule has 1 aromatic heterocycles. The van der Waals surface area contributed by atoms with Gasteiger partial charge >= 0.3 is 0 Å². The number of hydrogen-bond donors (Lipinski definition) is 2. The zero-order valence-corrected chi connectivity index (χ0v) is 12.1. The molecule has 104 valence electrons. The first-order valence-corrected chi connectivity index (χ1v) is 6.49. The van der Waals surface area contributed by atoms with Crippen LogP contribution in [-0.2, 0) is 11.8 Å². The molecule has 0 saturated heterocycles. The van der Waals surface area contributed by atoms with E-state index in [0.29, 0.717) is 21.7 Å². The topological polar surface area (TPSA) is 88.4 Å². The van der Waals surface area contributed by atoms with Crippen LogP contribution < -0.4 is 10.9 Å². The lowest BCUT2D eigenvalue weighted by Crippen LogP contribution is -2.33. The number of fused-ring (bicyclic) bond motifs is 1. The Kier molecular flexibility index (Phi) is 3.89. The van der Waals surface area contributed by atoms with Gasteiger partial charge in [0, 0.05) is 16.9 Å². The standard InChI is InChI=1S/C13H11BrN2O4/c1-16-9-3-2-7(14)6-8(9)11(18)10(13(16)20)12(19)15-4-5-17/h2-3,5-6,18H,4H2,1H3,(H,15,19). The van der Waals surface area contributed by atoms with Gasteiger partial charge in [0.15, 0.2) is 0 Å². The summed E-state index contributed by atoms with van der Waals surface area (Å²) in [7, 11) is 1.51. The Balaban J connectivity index is 2.75. The fourth-order valence-electron chi connectivity index (χ4n) is 1.93. The molecule has 0 unspecified atom stereocenters. The van der Waals surface area contributed by atoms with E-state index in [0.717, 1.165) is 0 Å². The van der Waals surface area contributed by atoms with Crippen LogP contribution in [0.25, 0.3) is 10.9 Å². The summed E-state index contributed by atoms with van der Waals surface area (Å²) in [5.74, 6) is -1.18. The maximum Gasteiger partial charge on any atom is 0.267 e. The van der Waals surface area contributed by atoms with Crippen molar-refractivity contribution >= 4 is 39.0 Å². The zero-order valence-electron chi connectivity index (χ0n) is 10.5. The van der Waals surface area contributed by atoms with Crippen LogP contribution in [0.5, 0.6) is 5.75 Å². The molecule has 6 nitrogen and oxygen atoms in total. The van der Waals surface area contributed by atoms with Crippen molar-refractivity contribution in [3.8, 4) is 5.75 Å². The number of rotatable bonds is 3. The van der Waals surface area contributed by atoms with Gasteiger partial charge in [-0.15, -0.1) is 0 Å². The number of amides is 1. The number of halogens is 1. The normalized spacial score (nSPS) is 10.5. The molecule has 0 atom stereocenters. The van der Waals surface area contributed by atoms with Crippen molar-refractivity contribution in [2.24, 2.45) is 7.05 Å². The fourth-order valence-corrected chi connectivity index (χ4v) is 2.29. The molecule has 2 rings (SSSR count). The van der Waals surface area contributed by atoms with E-state index in [-0.39, 0.29) is 12.1 Å². The summed E-state index contributed by atoms with van der Waals surface area (Å²) in [6, 6.07) is 5.00. The van der Waals surface area contributed by atoms with Gasteiger partial charge in [-0.05, 0) is 18.2 Å². The maximum atomic E-state index is 12.1. The number of nitrogens with one attached hydrogen (secondary N) is 1. The van der Waals surface area contributed by atoms with Crippen LogP contribution >= 0.6 is 15.9 Å². The summed E-state index contributed by atoms with van der Waals surface area (Å²) < 4.78 is 1.98. The minimum atomic E-state index is -0.780. The number of nitrogens with zero attached hydrogens (tertiary/aromatic N) is 1. The zero-order chi connectivity index (χ0) is 14.9. The number of aromatic nitrogens is 1. The van der Waals surface area contributed by atoms with Crippen LogP contribution in [0.15, 0.2) is 27.5 Å². The Labute approximate surface area is 122 Å². The number of carbonyl (C=O) groups is 2. The van der Waals surface area contributed by atoms with E-state index in [4.69, 9.17) is 0 Å². The van der Waals surface area contributed by atoms with Crippen molar-refractivity contribution in [1.82, 2.24) is 9.88 Å². The number of benzene rings is 1. The highest BCUT2D eigenvalue weighted by Gasteiger charge is 2.20. The molecule has 20 heavy (non-hydrogen) atoms. The predicted molar refractivity (Wildman–Crippen MR) is 77.0 cm³/mol. The Morgan fingerprint density at radius 2 is 2.20 bits per heavy atom. The van der Waals surface area contributed by atoms with E-state index < -0.39 is 17.2 Å². The number of hydrogen-bond acceptors (Lipinski definition) is 4. The van der Waals surface area contributed by atoms with Gasteiger partial charge in [0.1, 0.15) is 17.6 Å². The van der Waals surface area contributed by atoms with Crippen molar-refractivity contribution in [2.75, 3.05) is 6.54 Å². The Morgan fingerprint density at radius 1 is 1.50 bits per heavy atom. The van der Waals surface area contributed by atoms with Crippen LogP contribution in [0.2, 0.25) is 0 Å². The van der Waals surface area contributed by atoms with E-state index in [1.54, 1.807) is 18.2 Å². The third kappa shape index (κ3) is 2.32. The van der Waals surface area contributed by atoms with Crippen LogP contribution in [0.3, 0.4) is 0 Å². The molecule has 0 saturated carbocycles. The van der Waals surface area contributed by atoms with E-state index in [9.17, 15) is 19.5 Å². The molecule has 2 aromatic rings. The fraction of sp³-hybridized carbons (Fsp3) is 0.154. The molecule has 2 N–H and O–H groups in total. The highest BCUT2D eigenvalue weighted by Crippen LogP contribution is 2.28. The van der Waals surface area contributed by atoms with Gasteiger partial charge in [0.25, 0.3) is 11.5 Å². The first kappa shape index (κ1) is 14.3. The van der Waals surface area contributed by atoms with E-state index in [1.807, 2.05) is 0 Å². The molecular weight excluding hydrogens is 328 g/mol. The Hall–Kier alpha value is -2.15. The van der Waals surface area contributed by atoms with Crippen molar-refractivity contribution < 1.29 is 14.7 Å². The molecule has 1 amide bonds. The number of carbonyl (C=O) groups excluding carboxylic acids is 2. The molecule has 0 aliphatic heterocycles. The lowest BCUT2D eigenvalue weighted by atomic mass is 10.1. The molecule has 0 aliphatic carbocycles. The first-order chi connectivity index (χ1) is 9.47. The van der Waals surface area contributed by atoms with Gasteiger partial charge in [-0.1, -0.05) is 15.9 Å². The SMILES string of the molecule is Cn1c(=O)c(C(=O)NCC=O)c(O)c2cc(Br)ccc21. The van der Waals surface area contributed by atoms with Crippen LogP contribution in [0.4, 0.5) is 0 Å². The van der Waals surface area contributed by atoms with Crippen LogP contribution in [0.1, 0.15) is 10.4 Å². The van der Waals surface area contributed by atoms with Gasteiger partial charge in [-0.2, -0.15) is 0 Å². The lowest BCUT2D eigenvalue weighted by molar-refractivity contribution is -0.107. The summed E-state index contributed by atoms with van der Waals surface area (Å²) in [5.41, 5.74) is -0.497. The van der Waals surface area contributed by atoms with Crippen molar-refractivity contribution in [3.05, 3.63) is 38.6 Å².